The number of hydrogen-bond donors (Lipinski definition) is 6. The van der Waals surface area contributed by atoms with Crippen LogP contribution in [0.3, 0.4) is 0 Å². The number of hydrazine groups is 1. The molecule has 0 radical (unpaired) electrons. The molecule has 0 aliphatic carbocycles. The minimum atomic E-state index is -1.51. The van der Waals surface area contributed by atoms with Crippen molar-refractivity contribution in [3.05, 3.63) is 51.5 Å². The van der Waals surface area contributed by atoms with Crippen LogP contribution in [0.4, 0.5) is 13.6 Å². The summed E-state index contributed by atoms with van der Waals surface area (Å²) in [7, 11) is 0. The van der Waals surface area contributed by atoms with Gasteiger partial charge in [-0.1, -0.05) is 41.5 Å². The quantitative estimate of drug-likeness (QED) is 0.126. The van der Waals surface area contributed by atoms with E-state index in [2.05, 4.69) is 26.4 Å². The van der Waals surface area contributed by atoms with Crippen LogP contribution in [0.2, 0.25) is 0 Å². The summed E-state index contributed by atoms with van der Waals surface area (Å²) in [5.41, 5.74) is 3.22. The zero-order chi connectivity index (χ0) is 37.7. The first-order valence-corrected chi connectivity index (χ1v) is 17.5. The van der Waals surface area contributed by atoms with Crippen LogP contribution in [0.5, 0.6) is 0 Å². The summed E-state index contributed by atoms with van der Waals surface area (Å²) in [5, 5.41) is 32.1. The van der Waals surface area contributed by atoms with E-state index in [1.165, 1.54) is 18.3 Å². The number of halogens is 2. The number of aromatic nitrogens is 1. The molecule has 5 amide bonds. The number of aryl methyl sites for hydroxylation is 1. The molecule has 0 saturated heterocycles. The van der Waals surface area contributed by atoms with Gasteiger partial charge in [-0.15, -0.1) is 11.3 Å². The van der Waals surface area contributed by atoms with Crippen molar-refractivity contribution >= 4 is 41.1 Å². The van der Waals surface area contributed by atoms with E-state index in [0.29, 0.717) is 29.0 Å². The number of hydrogen-bond acceptors (Lipinski definition) is 8. The first-order chi connectivity index (χ1) is 23.4. The topological polar surface area (TPSA) is 190 Å². The van der Waals surface area contributed by atoms with Gasteiger partial charge in [0.05, 0.1) is 23.7 Å². The van der Waals surface area contributed by atoms with Gasteiger partial charge in [-0.25, -0.2) is 23.6 Å². The fraction of sp³-hybridized carbons (Fsp3) is 0.588. The van der Waals surface area contributed by atoms with Crippen molar-refractivity contribution in [2.45, 2.75) is 92.3 Å². The normalized spacial score (nSPS) is 14.3. The van der Waals surface area contributed by atoms with E-state index in [9.17, 15) is 43.0 Å². The molecule has 2 rings (SSSR count). The molecule has 2 aromatic rings. The van der Waals surface area contributed by atoms with Gasteiger partial charge in [0.15, 0.2) is 0 Å². The van der Waals surface area contributed by atoms with E-state index >= 15 is 0 Å². The molecule has 0 fully saturated rings. The second-order valence-corrected chi connectivity index (χ2v) is 14.3. The summed E-state index contributed by atoms with van der Waals surface area (Å²) in [6.07, 6.45) is -3.48. The fourth-order valence-electron chi connectivity index (χ4n) is 4.93. The van der Waals surface area contributed by atoms with Crippen LogP contribution in [0.15, 0.2) is 23.6 Å². The van der Waals surface area contributed by atoms with Crippen LogP contribution in [-0.4, -0.2) is 81.2 Å². The van der Waals surface area contributed by atoms with E-state index in [1.54, 1.807) is 20.8 Å². The molecule has 13 nitrogen and oxygen atoms in total. The van der Waals surface area contributed by atoms with E-state index in [0.717, 1.165) is 17.8 Å². The fourth-order valence-corrected chi connectivity index (χ4v) is 5.83. The maximum absolute atomic E-state index is 14.0. The van der Waals surface area contributed by atoms with Crippen LogP contribution < -0.4 is 21.4 Å². The smallest absolute Gasteiger partial charge is 0.426 e. The molecule has 1 aromatic carbocycles. The number of amides is 5. The van der Waals surface area contributed by atoms with Gasteiger partial charge in [0, 0.05) is 48.4 Å². The average Bonchev–Trinajstić information content (AvgIpc) is 3.42. The minimum Gasteiger partial charge on any atom is -0.464 e. The number of aliphatic hydroxyl groups excluding tert-OH is 1. The molecule has 1 aromatic heterocycles. The first kappa shape index (κ1) is 42.0. The lowest BCUT2D eigenvalue weighted by Gasteiger charge is -2.28. The summed E-state index contributed by atoms with van der Waals surface area (Å²) in [6.45, 7) is 12.4. The van der Waals surface area contributed by atoms with Gasteiger partial charge < -0.3 is 26.2 Å². The molecule has 0 aliphatic rings. The van der Waals surface area contributed by atoms with E-state index in [4.69, 9.17) is 0 Å². The van der Waals surface area contributed by atoms with Gasteiger partial charge in [0.1, 0.15) is 17.7 Å². The number of rotatable bonds is 18. The van der Waals surface area contributed by atoms with Gasteiger partial charge in [0.25, 0.3) is 0 Å². The molecule has 50 heavy (non-hydrogen) atoms. The lowest BCUT2D eigenvalue weighted by Crippen LogP contribution is -2.52. The van der Waals surface area contributed by atoms with Gasteiger partial charge in [0.2, 0.25) is 23.6 Å². The molecule has 278 valence electrons. The predicted molar refractivity (Wildman–Crippen MR) is 184 cm³/mol. The van der Waals surface area contributed by atoms with E-state index in [-0.39, 0.29) is 36.1 Å². The average molecular weight is 725 g/mol. The third-order valence-corrected chi connectivity index (χ3v) is 8.79. The summed E-state index contributed by atoms with van der Waals surface area (Å²) >= 11 is 1.38. The van der Waals surface area contributed by atoms with Crippen LogP contribution in [-0.2, 0) is 32.0 Å². The van der Waals surface area contributed by atoms with E-state index in [1.807, 2.05) is 26.2 Å². The van der Waals surface area contributed by atoms with E-state index < -0.39 is 78.4 Å². The molecule has 2 unspecified atom stereocenters. The summed E-state index contributed by atoms with van der Waals surface area (Å²) in [5.74, 6) is -5.41. The predicted octanol–water partition coefficient (Wildman–Crippen LogP) is 3.34. The van der Waals surface area contributed by atoms with Crippen molar-refractivity contribution in [2.24, 2.45) is 23.7 Å². The molecule has 0 aliphatic heterocycles. The molecule has 0 spiro atoms. The monoisotopic (exact) mass is 724 g/mol. The van der Waals surface area contributed by atoms with Crippen LogP contribution in [0, 0.1) is 42.2 Å². The molecular formula is C34H50F2N6O7S. The second-order valence-electron chi connectivity index (χ2n) is 13.4. The molecule has 0 bridgehead atoms. The van der Waals surface area contributed by atoms with Crippen LogP contribution >= 0.6 is 11.3 Å². The Morgan fingerprint density at radius 2 is 1.54 bits per heavy atom. The Kier molecular flexibility index (Phi) is 16.7. The first-order valence-electron chi connectivity index (χ1n) is 16.6. The van der Waals surface area contributed by atoms with Crippen molar-refractivity contribution in [3.63, 3.8) is 0 Å². The van der Waals surface area contributed by atoms with Crippen molar-refractivity contribution in [2.75, 3.05) is 13.1 Å². The highest BCUT2D eigenvalue weighted by atomic mass is 32.1. The third-order valence-electron chi connectivity index (χ3n) is 7.80. The van der Waals surface area contributed by atoms with Gasteiger partial charge >= 0.3 is 6.09 Å². The van der Waals surface area contributed by atoms with Gasteiger partial charge in [-0.2, -0.15) is 0 Å². The number of thiazole rings is 1. The van der Waals surface area contributed by atoms with Crippen molar-refractivity contribution in [1.29, 1.82) is 0 Å². The summed E-state index contributed by atoms with van der Waals surface area (Å²) in [4.78, 5) is 67.8. The Morgan fingerprint density at radius 1 is 0.900 bits per heavy atom. The maximum atomic E-state index is 14.0. The molecule has 5 atom stereocenters. The number of carbonyl (C=O) groups is 5. The highest BCUT2D eigenvalue weighted by Crippen LogP contribution is 2.18. The Morgan fingerprint density at radius 3 is 2.08 bits per heavy atom. The van der Waals surface area contributed by atoms with Crippen molar-refractivity contribution < 1.29 is 43.0 Å². The number of benzene rings is 1. The lowest BCUT2D eigenvalue weighted by molar-refractivity contribution is -0.132. The Bertz CT molecular complexity index is 1450. The third kappa shape index (κ3) is 14.4. The number of carbonyl (C=O) groups excluding carboxylic acids is 4. The molecule has 1 heterocycles. The number of nitrogens with one attached hydrogen (secondary N) is 4. The van der Waals surface area contributed by atoms with Crippen LogP contribution in [0.1, 0.15) is 70.6 Å². The number of aliphatic hydroxyl groups is 1. The van der Waals surface area contributed by atoms with Gasteiger partial charge in [-0.05, 0) is 49.3 Å². The molecule has 0 saturated carbocycles. The highest BCUT2D eigenvalue weighted by Gasteiger charge is 2.30. The zero-order valence-electron chi connectivity index (χ0n) is 29.6. The zero-order valence-corrected chi connectivity index (χ0v) is 30.4. The lowest BCUT2D eigenvalue weighted by atomic mass is 9.92. The van der Waals surface area contributed by atoms with Crippen LogP contribution in [0.25, 0.3) is 0 Å². The summed E-state index contributed by atoms with van der Waals surface area (Å²) < 4.78 is 28.0. The number of carboxylic acid groups (broad SMARTS) is 1. The largest absolute Gasteiger partial charge is 0.464 e. The Balaban J connectivity index is 2.11. The standard InChI is InChI=1S/C34H50F2N6O7S/c1-18(2)16-37-33(47)30(19(3)4)40-31(45)20(5)10-27(43)26(14-23-12-24(35)15-25(36)13-23)39-28(44)8-9-42(34(48)49)41-32(46)21(6)11-29-38-22(7)17-50-29/h12-13,15,17-21,26-27,30,43H,8-11,14,16H2,1-7H3,(H,37,47)(H,39,44)(H,40,45)(H,41,46)(H,48,49)/t20-,21?,26+,27+,30?/m1/s1. The SMILES string of the molecule is Cc1csc(CC(C)C(=O)NN(CCC(=O)N[C@@H](Cc2cc(F)cc(F)c2)[C@@H](O)C[C@@H](C)C(=O)NC(C(=O)NCC(C)C)C(C)C)C(=O)O)n1. The molecule has 16 heteroatoms. The maximum Gasteiger partial charge on any atom is 0.426 e. The van der Waals surface area contributed by atoms with Crippen molar-refractivity contribution in [3.8, 4) is 0 Å². The molecular weight excluding hydrogens is 674 g/mol. The molecule has 6 N–H and O–H groups in total. The minimum absolute atomic E-state index is 0.120. The van der Waals surface area contributed by atoms with Crippen molar-refractivity contribution in [1.82, 2.24) is 31.4 Å². The Hall–Kier alpha value is -4.18. The Labute approximate surface area is 295 Å². The number of nitrogens with zero attached hydrogens (tertiary/aromatic N) is 2. The summed E-state index contributed by atoms with van der Waals surface area (Å²) in [6, 6.07) is 0.789. The highest BCUT2D eigenvalue weighted by molar-refractivity contribution is 7.09. The van der Waals surface area contributed by atoms with Gasteiger partial charge in [-0.3, -0.25) is 24.6 Å². The second kappa shape index (κ2) is 19.9.